The number of nitrogens with zero attached hydrogens (tertiary/aromatic N) is 1. The highest BCUT2D eigenvalue weighted by atomic mass is 31.2. The second-order valence-corrected chi connectivity index (χ2v) is 21.0. The van der Waals surface area contributed by atoms with Gasteiger partial charge in [0.25, 0.3) is 7.82 Å². The maximum atomic E-state index is 12.7. The van der Waals surface area contributed by atoms with E-state index in [9.17, 15) is 19.0 Å². The Morgan fingerprint density at radius 3 is 1.19 bits per heavy atom. The Balaban J connectivity index is 4.16. The maximum absolute atomic E-state index is 12.7. The molecule has 63 heavy (non-hydrogen) atoms. The van der Waals surface area contributed by atoms with Crippen LogP contribution in [-0.4, -0.2) is 70.0 Å². The van der Waals surface area contributed by atoms with E-state index in [1.165, 1.54) is 193 Å². The molecule has 0 aliphatic carbocycles. The predicted octanol–water partition coefficient (Wildman–Crippen LogP) is 15.5. The van der Waals surface area contributed by atoms with Crippen LogP contribution in [0.4, 0.5) is 0 Å². The lowest BCUT2D eigenvalue weighted by atomic mass is 10.0. The number of likely N-dealkylation sites (N-methyl/N-ethyl adjacent to an activating group) is 1. The number of phosphoric acid groups is 1. The Morgan fingerprint density at radius 1 is 0.476 bits per heavy atom. The van der Waals surface area contributed by atoms with Gasteiger partial charge in [-0.2, -0.15) is 0 Å². The standard InChI is InChI=1S/C53H104NO8P/c1-6-8-10-12-14-16-18-20-22-24-25-26-27-28-30-31-33-35-37-39-41-43-45-52(55)59-49-51(50-61-63(57,58)60-48-47-54(3,4)5)62-53(56)46-44-42-40-38-36-34-32-29-23-21-19-17-15-13-11-9-7-2/h17,19,51H,6-16,18,20-50H2,1-5H3/b19-17+/t51-/m1/s1. The van der Waals surface area contributed by atoms with Crippen LogP contribution >= 0.6 is 7.82 Å². The Labute approximate surface area is 390 Å². The third-order valence-corrected chi connectivity index (χ3v) is 13.0. The average molecular weight is 914 g/mol. The zero-order valence-electron chi connectivity index (χ0n) is 42.3. The highest BCUT2D eigenvalue weighted by Gasteiger charge is 2.21. The van der Waals surface area contributed by atoms with Crippen LogP contribution in [-0.2, 0) is 32.7 Å². The summed E-state index contributed by atoms with van der Waals surface area (Å²) in [5.74, 6) is -0.820. The van der Waals surface area contributed by atoms with Crippen LogP contribution in [0.15, 0.2) is 12.2 Å². The topological polar surface area (TPSA) is 111 Å². The van der Waals surface area contributed by atoms with Crippen molar-refractivity contribution in [3.05, 3.63) is 12.2 Å². The first-order valence-electron chi connectivity index (χ1n) is 26.9. The summed E-state index contributed by atoms with van der Waals surface area (Å²) < 4.78 is 34.1. The first-order chi connectivity index (χ1) is 30.5. The second kappa shape index (κ2) is 45.9. The Morgan fingerprint density at radius 2 is 0.810 bits per heavy atom. The zero-order valence-corrected chi connectivity index (χ0v) is 43.2. The molecule has 0 fully saturated rings. The summed E-state index contributed by atoms with van der Waals surface area (Å²) in [6.45, 7) is 4.27. The fourth-order valence-electron chi connectivity index (χ4n) is 7.83. The molecule has 0 amide bonds. The van der Waals surface area contributed by atoms with Gasteiger partial charge in [0.05, 0.1) is 27.7 Å². The molecule has 0 heterocycles. The minimum atomic E-state index is -4.63. The van der Waals surface area contributed by atoms with Gasteiger partial charge in [0.1, 0.15) is 19.8 Å². The molecule has 0 aromatic heterocycles. The van der Waals surface area contributed by atoms with Crippen LogP contribution in [0.1, 0.15) is 264 Å². The summed E-state index contributed by atoms with van der Waals surface area (Å²) in [7, 11) is 1.18. The molecule has 10 heteroatoms. The lowest BCUT2D eigenvalue weighted by Crippen LogP contribution is -2.37. The third kappa shape index (κ3) is 50.0. The van der Waals surface area contributed by atoms with E-state index in [1.807, 2.05) is 21.1 Å². The molecule has 0 bridgehead atoms. The minimum Gasteiger partial charge on any atom is -0.756 e. The molecular formula is C53H104NO8P. The van der Waals surface area contributed by atoms with Gasteiger partial charge >= 0.3 is 11.9 Å². The van der Waals surface area contributed by atoms with Crippen molar-refractivity contribution < 1.29 is 42.1 Å². The van der Waals surface area contributed by atoms with Crippen molar-refractivity contribution in [2.45, 2.75) is 270 Å². The van der Waals surface area contributed by atoms with Gasteiger partial charge in [0.2, 0.25) is 0 Å². The van der Waals surface area contributed by atoms with Gasteiger partial charge < -0.3 is 27.9 Å². The van der Waals surface area contributed by atoms with Crippen molar-refractivity contribution in [3.63, 3.8) is 0 Å². The van der Waals surface area contributed by atoms with Gasteiger partial charge in [-0.15, -0.1) is 0 Å². The molecule has 0 N–H and O–H groups in total. The van der Waals surface area contributed by atoms with Gasteiger partial charge in [-0.3, -0.25) is 14.2 Å². The van der Waals surface area contributed by atoms with E-state index in [-0.39, 0.29) is 32.0 Å². The molecule has 0 saturated heterocycles. The monoisotopic (exact) mass is 914 g/mol. The Bertz CT molecular complexity index is 1080. The summed E-state index contributed by atoms with van der Waals surface area (Å²) in [5, 5.41) is 0. The summed E-state index contributed by atoms with van der Waals surface area (Å²) in [6.07, 6.45) is 51.0. The quantitative estimate of drug-likeness (QED) is 0.0195. The molecule has 2 atom stereocenters. The highest BCUT2D eigenvalue weighted by molar-refractivity contribution is 7.45. The first-order valence-corrected chi connectivity index (χ1v) is 28.4. The number of esters is 2. The van der Waals surface area contributed by atoms with Crippen LogP contribution in [0.5, 0.6) is 0 Å². The van der Waals surface area contributed by atoms with E-state index in [4.69, 9.17) is 18.5 Å². The van der Waals surface area contributed by atoms with Crippen molar-refractivity contribution in [2.24, 2.45) is 0 Å². The van der Waals surface area contributed by atoms with Crippen LogP contribution < -0.4 is 4.89 Å². The normalized spacial score (nSPS) is 13.4. The largest absolute Gasteiger partial charge is 0.756 e. The third-order valence-electron chi connectivity index (χ3n) is 12.0. The number of hydrogen-bond donors (Lipinski definition) is 0. The molecule has 0 radical (unpaired) electrons. The molecule has 374 valence electrons. The van der Waals surface area contributed by atoms with E-state index in [0.29, 0.717) is 17.4 Å². The fraction of sp³-hybridized carbons (Fsp3) is 0.925. The van der Waals surface area contributed by atoms with E-state index < -0.39 is 26.5 Å². The van der Waals surface area contributed by atoms with Gasteiger partial charge in [0.15, 0.2) is 6.10 Å². The van der Waals surface area contributed by atoms with Crippen molar-refractivity contribution in [1.82, 2.24) is 0 Å². The van der Waals surface area contributed by atoms with E-state index in [0.717, 1.165) is 38.5 Å². The van der Waals surface area contributed by atoms with E-state index >= 15 is 0 Å². The van der Waals surface area contributed by atoms with E-state index in [2.05, 4.69) is 26.0 Å². The van der Waals surface area contributed by atoms with E-state index in [1.54, 1.807) is 0 Å². The lowest BCUT2D eigenvalue weighted by molar-refractivity contribution is -0.870. The SMILES string of the molecule is CCCCCC/C=C/CCCCCCCCCCCC(=O)O[C@H](COC(=O)CCCCCCCCCCCCCCCCCCCCCCCC)COP(=O)([O-])OCC[N+](C)(C)C. The van der Waals surface area contributed by atoms with Crippen molar-refractivity contribution >= 4 is 19.8 Å². The molecule has 0 aromatic rings. The second-order valence-electron chi connectivity index (χ2n) is 19.6. The molecule has 9 nitrogen and oxygen atoms in total. The van der Waals surface area contributed by atoms with Gasteiger partial charge in [-0.05, 0) is 38.5 Å². The van der Waals surface area contributed by atoms with Crippen LogP contribution in [0.2, 0.25) is 0 Å². The van der Waals surface area contributed by atoms with Gasteiger partial charge in [-0.1, -0.05) is 225 Å². The molecule has 0 saturated carbocycles. The minimum absolute atomic E-state index is 0.0276. The zero-order chi connectivity index (χ0) is 46.4. The number of carbonyl (C=O) groups excluding carboxylic acids is 2. The molecular weight excluding hydrogens is 810 g/mol. The summed E-state index contributed by atoms with van der Waals surface area (Å²) in [6, 6.07) is 0. The Kier molecular flexibility index (Phi) is 45.0. The molecule has 0 aromatic carbocycles. The number of phosphoric ester groups is 1. The molecule has 0 spiro atoms. The lowest BCUT2D eigenvalue weighted by Gasteiger charge is -2.28. The predicted molar refractivity (Wildman–Crippen MR) is 264 cm³/mol. The number of hydrogen-bond acceptors (Lipinski definition) is 8. The van der Waals surface area contributed by atoms with Crippen molar-refractivity contribution in [3.8, 4) is 0 Å². The van der Waals surface area contributed by atoms with Crippen LogP contribution in [0.3, 0.4) is 0 Å². The number of rotatable bonds is 50. The number of ether oxygens (including phenoxy) is 2. The number of unbranched alkanes of at least 4 members (excludes halogenated alkanes) is 34. The molecule has 0 aliphatic rings. The molecule has 0 rings (SSSR count). The number of quaternary nitrogens is 1. The number of carbonyl (C=O) groups is 2. The smallest absolute Gasteiger partial charge is 0.306 e. The number of allylic oxidation sites excluding steroid dienone is 2. The Hall–Kier alpha value is -1.25. The first kappa shape index (κ1) is 61.8. The summed E-state index contributed by atoms with van der Waals surface area (Å²) in [5.41, 5.74) is 0. The van der Waals surface area contributed by atoms with Crippen LogP contribution in [0, 0.1) is 0 Å². The van der Waals surface area contributed by atoms with Gasteiger partial charge in [0, 0.05) is 12.8 Å². The fourth-order valence-corrected chi connectivity index (χ4v) is 8.56. The van der Waals surface area contributed by atoms with Crippen LogP contribution in [0.25, 0.3) is 0 Å². The van der Waals surface area contributed by atoms with Crippen molar-refractivity contribution in [2.75, 3.05) is 47.5 Å². The highest BCUT2D eigenvalue weighted by Crippen LogP contribution is 2.38. The molecule has 0 aliphatic heterocycles. The molecule has 1 unspecified atom stereocenters. The van der Waals surface area contributed by atoms with Crippen molar-refractivity contribution in [1.29, 1.82) is 0 Å². The summed E-state index contributed by atoms with van der Waals surface area (Å²) in [4.78, 5) is 37.7. The summed E-state index contributed by atoms with van der Waals surface area (Å²) >= 11 is 0. The maximum Gasteiger partial charge on any atom is 0.306 e. The average Bonchev–Trinajstić information content (AvgIpc) is 3.24. The van der Waals surface area contributed by atoms with Gasteiger partial charge in [-0.25, -0.2) is 0 Å².